The molecule has 1 N–H and O–H groups in total. The first kappa shape index (κ1) is 19.6. The average Bonchev–Trinajstić information content (AvgIpc) is 3.26. The maximum absolute atomic E-state index is 6.07. The van der Waals surface area contributed by atoms with E-state index in [9.17, 15) is 0 Å². The van der Waals surface area contributed by atoms with Gasteiger partial charge >= 0.3 is 0 Å². The molecular formula is C24H18ClN5S. The maximum Gasteiger partial charge on any atom is 0.194 e. The van der Waals surface area contributed by atoms with Crippen molar-refractivity contribution >= 4 is 51.4 Å². The van der Waals surface area contributed by atoms with Crippen LogP contribution in [0.15, 0.2) is 90.2 Å². The third-order valence-corrected chi connectivity index (χ3v) is 5.67. The topological polar surface area (TPSA) is 53.4 Å². The van der Waals surface area contributed by atoms with Crippen molar-refractivity contribution in [1.29, 1.82) is 0 Å². The number of para-hydroxylation sites is 3. The van der Waals surface area contributed by atoms with Crippen LogP contribution in [0.25, 0.3) is 11.0 Å². The molecule has 0 saturated carbocycles. The molecule has 0 saturated heterocycles. The highest BCUT2D eigenvalue weighted by molar-refractivity contribution is 7.80. The second-order valence-electron chi connectivity index (χ2n) is 7.20. The first-order valence-corrected chi connectivity index (χ1v) is 10.7. The molecule has 5 rings (SSSR count). The van der Waals surface area contributed by atoms with Crippen LogP contribution in [-0.4, -0.2) is 25.8 Å². The SMILES string of the molecule is S=C(Nc1ccccc1)N1N=C(c2ccc(Cl)cc2)C[C@H]1c1cnc2ccccc2n1. The van der Waals surface area contributed by atoms with Gasteiger partial charge in [0.05, 0.1) is 28.6 Å². The molecule has 0 aliphatic carbocycles. The van der Waals surface area contributed by atoms with Crippen molar-refractivity contribution in [3.05, 3.63) is 101 Å². The van der Waals surface area contributed by atoms with E-state index in [1.54, 1.807) is 0 Å². The lowest BCUT2D eigenvalue weighted by atomic mass is 10.0. The number of hydrogen-bond acceptors (Lipinski definition) is 4. The van der Waals surface area contributed by atoms with Gasteiger partial charge in [-0.3, -0.25) is 4.98 Å². The summed E-state index contributed by atoms with van der Waals surface area (Å²) in [6.07, 6.45) is 2.47. The van der Waals surface area contributed by atoms with E-state index in [0.717, 1.165) is 33.7 Å². The molecule has 1 aromatic heterocycles. The molecule has 2 heterocycles. The number of anilines is 1. The third-order valence-electron chi connectivity index (χ3n) is 5.13. The van der Waals surface area contributed by atoms with Gasteiger partial charge in [0.25, 0.3) is 0 Å². The van der Waals surface area contributed by atoms with E-state index in [1.165, 1.54) is 0 Å². The van der Waals surface area contributed by atoms with Crippen LogP contribution < -0.4 is 5.32 Å². The van der Waals surface area contributed by atoms with E-state index >= 15 is 0 Å². The van der Waals surface area contributed by atoms with Crippen LogP contribution in [0.1, 0.15) is 23.7 Å². The minimum atomic E-state index is -0.161. The molecule has 152 valence electrons. The van der Waals surface area contributed by atoms with Crippen molar-refractivity contribution < 1.29 is 0 Å². The smallest absolute Gasteiger partial charge is 0.194 e. The molecule has 3 aromatic carbocycles. The average molecular weight is 444 g/mol. The fourth-order valence-electron chi connectivity index (χ4n) is 3.58. The first-order valence-electron chi connectivity index (χ1n) is 9.88. The molecule has 0 spiro atoms. The Morgan fingerprint density at radius 1 is 0.935 bits per heavy atom. The predicted molar refractivity (Wildman–Crippen MR) is 129 cm³/mol. The second-order valence-corrected chi connectivity index (χ2v) is 8.02. The monoisotopic (exact) mass is 443 g/mol. The van der Waals surface area contributed by atoms with Crippen LogP contribution in [0.5, 0.6) is 0 Å². The van der Waals surface area contributed by atoms with Crippen LogP contribution in [-0.2, 0) is 0 Å². The highest BCUT2D eigenvalue weighted by atomic mass is 35.5. The molecule has 0 radical (unpaired) electrons. The van der Waals surface area contributed by atoms with Crippen molar-refractivity contribution in [3.8, 4) is 0 Å². The summed E-state index contributed by atoms with van der Waals surface area (Å²) < 4.78 is 0. The molecular weight excluding hydrogens is 426 g/mol. The molecule has 0 fully saturated rings. The van der Waals surface area contributed by atoms with E-state index in [1.807, 2.05) is 90.1 Å². The van der Waals surface area contributed by atoms with E-state index in [-0.39, 0.29) is 6.04 Å². The number of rotatable bonds is 3. The zero-order valence-corrected chi connectivity index (χ0v) is 18.0. The van der Waals surface area contributed by atoms with Gasteiger partial charge in [-0.1, -0.05) is 54.1 Å². The minimum Gasteiger partial charge on any atom is -0.331 e. The molecule has 5 nitrogen and oxygen atoms in total. The number of fused-ring (bicyclic) bond motifs is 1. The Balaban J connectivity index is 1.51. The third kappa shape index (κ3) is 4.13. The Morgan fingerprint density at radius 3 is 2.42 bits per heavy atom. The Bertz CT molecular complexity index is 1270. The van der Waals surface area contributed by atoms with Crippen LogP contribution >= 0.6 is 23.8 Å². The van der Waals surface area contributed by atoms with Gasteiger partial charge in [0.15, 0.2) is 5.11 Å². The Kier molecular flexibility index (Phi) is 5.32. The van der Waals surface area contributed by atoms with Gasteiger partial charge < -0.3 is 5.32 Å². The van der Waals surface area contributed by atoms with Crippen molar-refractivity contribution in [2.45, 2.75) is 12.5 Å². The standard InChI is InChI=1S/C24H18ClN5S/c25-17-12-10-16(11-13-17)21-14-23(22-15-26-19-8-4-5-9-20(19)28-22)30(29-21)24(31)27-18-6-2-1-3-7-18/h1-13,15,23H,14H2,(H,27,31)/t23-/m0/s1. The highest BCUT2D eigenvalue weighted by Crippen LogP contribution is 2.33. The molecule has 1 aliphatic rings. The van der Waals surface area contributed by atoms with Crippen molar-refractivity contribution in [2.75, 3.05) is 5.32 Å². The summed E-state index contributed by atoms with van der Waals surface area (Å²) in [7, 11) is 0. The maximum atomic E-state index is 6.07. The number of benzene rings is 3. The van der Waals surface area contributed by atoms with Crippen LogP contribution in [0.3, 0.4) is 0 Å². The summed E-state index contributed by atoms with van der Waals surface area (Å²) in [6.45, 7) is 0. The van der Waals surface area contributed by atoms with Gasteiger partial charge in [-0.15, -0.1) is 0 Å². The zero-order chi connectivity index (χ0) is 21.2. The molecule has 1 aliphatic heterocycles. The summed E-state index contributed by atoms with van der Waals surface area (Å²) in [4.78, 5) is 9.44. The number of hydrazone groups is 1. The largest absolute Gasteiger partial charge is 0.331 e. The predicted octanol–water partition coefficient (Wildman–Crippen LogP) is 5.83. The molecule has 1 atom stereocenters. The van der Waals surface area contributed by atoms with Gasteiger partial charge in [-0.05, 0) is 54.2 Å². The lowest BCUT2D eigenvalue weighted by Crippen LogP contribution is -2.31. The van der Waals surface area contributed by atoms with Gasteiger partial charge in [0.2, 0.25) is 0 Å². The molecule has 0 amide bonds. The number of hydrogen-bond donors (Lipinski definition) is 1. The van der Waals surface area contributed by atoms with E-state index < -0.39 is 0 Å². The van der Waals surface area contributed by atoms with Gasteiger partial charge in [-0.25, -0.2) is 9.99 Å². The normalized spacial score (nSPS) is 15.7. The number of nitrogens with zero attached hydrogens (tertiary/aromatic N) is 4. The van der Waals surface area contributed by atoms with E-state index in [0.29, 0.717) is 16.6 Å². The van der Waals surface area contributed by atoms with Crippen molar-refractivity contribution in [1.82, 2.24) is 15.0 Å². The van der Waals surface area contributed by atoms with E-state index in [2.05, 4.69) is 10.3 Å². The Labute approximate surface area is 190 Å². The Morgan fingerprint density at radius 2 is 1.65 bits per heavy atom. The van der Waals surface area contributed by atoms with Crippen molar-refractivity contribution in [3.63, 3.8) is 0 Å². The Hall–Kier alpha value is -3.35. The summed E-state index contributed by atoms with van der Waals surface area (Å²) in [5.74, 6) is 0. The fourth-order valence-corrected chi connectivity index (χ4v) is 3.99. The second kappa shape index (κ2) is 8.41. The highest BCUT2D eigenvalue weighted by Gasteiger charge is 2.33. The van der Waals surface area contributed by atoms with Crippen molar-refractivity contribution in [2.24, 2.45) is 5.10 Å². The number of nitrogens with one attached hydrogen (secondary N) is 1. The molecule has 0 unspecified atom stereocenters. The van der Waals surface area contributed by atoms with E-state index in [4.69, 9.17) is 33.9 Å². The van der Waals surface area contributed by atoms with Gasteiger partial charge in [-0.2, -0.15) is 5.10 Å². The minimum absolute atomic E-state index is 0.161. The van der Waals surface area contributed by atoms with Crippen LogP contribution in [0, 0.1) is 0 Å². The fraction of sp³-hybridized carbons (Fsp3) is 0.0833. The number of aromatic nitrogens is 2. The summed E-state index contributed by atoms with van der Waals surface area (Å²) in [6, 6.07) is 25.2. The lowest BCUT2D eigenvalue weighted by Gasteiger charge is -2.24. The number of thiocarbonyl (C=S) groups is 1. The summed E-state index contributed by atoms with van der Waals surface area (Å²) in [5.41, 5.74) is 5.37. The quantitative estimate of drug-likeness (QED) is 0.403. The van der Waals surface area contributed by atoms with Gasteiger partial charge in [0, 0.05) is 17.1 Å². The summed E-state index contributed by atoms with van der Waals surface area (Å²) >= 11 is 11.8. The summed E-state index contributed by atoms with van der Waals surface area (Å²) in [5, 5.41) is 11.2. The lowest BCUT2D eigenvalue weighted by molar-refractivity contribution is 0.368. The van der Waals surface area contributed by atoms with Gasteiger partial charge in [0.1, 0.15) is 6.04 Å². The molecule has 7 heteroatoms. The van der Waals surface area contributed by atoms with Crippen LogP contribution in [0.2, 0.25) is 5.02 Å². The first-order chi connectivity index (χ1) is 15.2. The molecule has 4 aromatic rings. The van der Waals surface area contributed by atoms with Crippen LogP contribution in [0.4, 0.5) is 5.69 Å². The molecule has 0 bridgehead atoms. The number of halogens is 1. The zero-order valence-electron chi connectivity index (χ0n) is 16.4. The molecule has 31 heavy (non-hydrogen) atoms.